The van der Waals surface area contributed by atoms with Crippen molar-refractivity contribution < 1.29 is 8.83 Å². The van der Waals surface area contributed by atoms with E-state index in [1.807, 2.05) is 0 Å². The van der Waals surface area contributed by atoms with Crippen molar-refractivity contribution in [3.05, 3.63) is 151 Å². The molecule has 0 saturated heterocycles. The summed E-state index contributed by atoms with van der Waals surface area (Å²) >= 11 is 0. The Kier molecular flexibility index (Phi) is 6.38. The Labute approximate surface area is 332 Å². The van der Waals surface area contributed by atoms with Crippen LogP contribution in [0.4, 0.5) is 17.1 Å². The van der Waals surface area contributed by atoms with Crippen LogP contribution in [0.25, 0.3) is 77.2 Å². The number of para-hydroxylation sites is 3. The van der Waals surface area contributed by atoms with E-state index in [1.54, 1.807) is 0 Å². The monoisotopic (exact) mass is 736 g/mol. The predicted molar refractivity (Wildman–Crippen MR) is 240 cm³/mol. The molecule has 5 heterocycles. The summed E-state index contributed by atoms with van der Waals surface area (Å²) in [5.74, 6) is 0. The van der Waals surface area contributed by atoms with Gasteiger partial charge >= 0.3 is 6.85 Å². The van der Waals surface area contributed by atoms with Gasteiger partial charge in [-0.05, 0) is 74.3 Å². The third-order valence-corrected chi connectivity index (χ3v) is 12.7. The molecule has 7 aromatic carbocycles. The van der Waals surface area contributed by atoms with E-state index in [0.29, 0.717) is 0 Å². The number of hydrogen-bond acceptors (Lipinski definition) is 3. The Bertz CT molecular complexity index is 3330. The first kappa shape index (κ1) is 32.8. The lowest BCUT2D eigenvalue weighted by atomic mass is 9.45. The lowest BCUT2D eigenvalue weighted by Crippen LogP contribution is -2.56. The molecule has 0 N–H and O–H groups in total. The molecule has 3 aromatic heterocycles. The van der Waals surface area contributed by atoms with Crippen LogP contribution < -0.4 is 15.8 Å². The smallest absolute Gasteiger partial charge is 0.336 e. The van der Waals surface area contributed by atoms with Gasteiger partial charge in [0, 0.05) is 55.6 Å². The number of aromatic nitrogens is 1. The van der Waals surface area contributed by atoms with Crippen molar-refractivity contribution in [2.45, 2.75) is 52.4 Å². The zero-order chi connectivity index (χ0) is 38.5. The largest absolute Gasteiger partial charge is 0.456 e. The van der Waals surface area contributed by atoms with E-state index in [9.17, 15) is 0 Å². The molecule has 2 aliphatic rings. The van der Waals surface area contributed by atoms with Crippen LogP contribution in [0, 0.1) is 0 Å². The van der Waals surface area contributed by atoms with Gasteiger partial charge in [-0.15, -0.1) is 0 Å². The van der Waals surface area contributed by atoms with Crippen LogP contribution in [-0.2, 0) is 10.8 Å². The Balaban J connectivity index is 1.28. The van der Waals surface area contributed by atoms with Gasteiger partial charge in [0.2, 0.25) is 0 Å². The lowest BCUT2D eigenvalue weighted by Gasteiger charge is -2.42. The standard InChI is InChI=1S/C52H41BN2O2/c1-51(2,3)31-23-24-41(37(25-31)30-15-8-7-9-16-30)54-42-29-46-38(33-17-10-12-21-44(33)56-46)28-40(42)53-48-39(26-32(27-43(48)54)52(4,5)6)34-19-14-20-36-47-35-18-11-13-22-45(35)57-50(47)55(53)49(34)36/h7-29H,1-6H3. The fraction of sp³-hybridized carbons (Fsp3) is 0.154. The molecular formula is C52H41BN2O2. The molecule has 0 atom stereocenters. The highest BCUT2D eigenvalue weighted by Crippen LogP contribution is 2.51. The van der Waals surface area contributed by atoms with E-state index in [-0.39, 0.29) is 17.7 Å². The molecule has 4 nitrogen and oxygen atoms in total. The summed E-state index contributed by atoms with van der Waals surface area (Å²) in [6.07, 6.45) is 0. The molecule has 0 amide bonds. The summed E-state index contributed by atoms with van der Waals surface area (Å²) in [6.45, 7) is 13.7. The molecule has 12 rings (SSSR count). The SMILES string of the molecule is CC(C)(C)c1ccc(N2c3cc4oc5ccccc5c4cc3B3c4c(cc(C(C)(C)C)cc42)-c2cccc4c5c6ccccc6oc5n3c24)c(-c2ccccc2)c1. The first-order valence-electron chi connectivity index (χ1n) is 20.1. The topological polar surface area (TPSA) is 34.5 Å². The maximum absolute atomic E-state index is 6.96. The minimum absolute atomic E-state index is 0.0276. The molecule has 0 bridgehead atoms. The van der Waals surface area contributed by atoms with Crippen LogP contribution >= 0.6 is 0 Å². The number of hydrogen-bond donors (Lipinski definition) is 0. The maximum atomic E-state index is 6.96. The van der Waals surface area contributed by atoms with Gasteiger partial charge in [-0.3, -0.25) is 0 Å². The molecule has 2 aliphatic heterocycles. The van der Waals surface area contributed by atoms with Gasteiger partial charge in [0.25, 0.3) is 0 Å². The van der Waals surface area contributed by atoms with Crippen LogP contribution in [0.15, 0.2) is 148 Å². The van der Waals surface area contributed by atoms with E-state index < -0.39 is 0 Å². The Morgan fingerprint density at radius 2 is 1.16 bits per heavy atom. The summed E-state index contributed by atoms with van der Waals surface area (Å²) in [4.78, 5) is 2.55. The molecule has 10 aromatic rings. The van der Waals surface area contributed by atoms with E-state index in [0.717, 1.165) is 50.0 Å². The second-order valence-electron chi connectivity index (χ2n) is 18.1. The van der Waals surface area contributed by atoms with Crippen LogP contribution in [0.2, 0.25) is 0 Å². The van der Waals surface area contributed by atoms with Gasteiger partial charge in [0.1, 0.15) is 16.7 Å². The van der Waals surface area contributed by atoms with Gasteiger partial charge in [0.15, 0.2) is 5.71 Å². The summed E-state index contributed by atoms with van der Waals surface area (Å²) in [5.41, 5.74) is 18.2. The zero-order valence-electron chi connectivity index (χ0n) is 33.1. The summed E-state index contributed by atoms with van der Waals surface area (Å²) in [6, 6.07) is 51.4. The molecule has 0 fully saturated rings. The van der Waals surface area contributed by atoms with Gasteiger partial charge in [0.05, 0.1) is 11.1 Å². The fourth-order valence-corrected chi connectivity index (χ4v) is 9.85. The third-order valence-electron chi connectivity index (χ3n) is 12.7. The number of furan rings is 2. The van der Waals surface area contributed by atoms with Crippen molar-refractivity contribution in [3.63, 3.8) is 0 Å². The number of fused-ring (bicyclic) bond motifs is 12. The second kappa shape index (κ2) is 11.1. The summed E-state index contributed by atoms with van der Waals surface area (Å²) in [7, 11) is 0. The molecular weight excluding hydrogens is 695 g/mol. The Hall–Kier alpha value is -6.46. The molecule has 5 heteroatoms. The van der Waals surface area contributed by atoms with E-state index >= 15 is 0 Å². The highest BCUT2D eigenvalue weighted by molar-refractivity contribution is 6.90. The minimum atomic E-state index is -0.155. The van der Waals surface area contributed by atoms with Gasteiger partial charge in [-0.25, -0.2) is 0 Å². The minimum Gasteiger partial charge on any atom is -0.456 e. The van der Waals surface area contributed by atoms with Crippen LogP contribution in [-0.4, -0.2) is 11.3 Å². The second-order valence-corrected chi connectivity index (χ2v) is 18.1. The molecule has 0 unspecified atom stereocenters. The van der Waals surface area contributed by atoms with Crippen LogP contribution in [0.1, 0.15) is 52.7 Å². The van der Waals surface area contributed by atoms with Crippen molar-refractivity contribution in [2.24, 2.45) is 0 Å². The normalized spacial score (nSPS) is 13.7. The quantitative estimate of drug-likeness (QED) is 0.166. The first-order valence-corrected chi connectivity index (χ1v) is 20.1. The van der Waals surface area contributed by atoms with Crippen molar-refractivity contribution in [2.75, 3.05) is 4.90 Å². The molecule has 0 aliphatic carbocycles. The number of anilines is 3. The predicted octanol–water partition coefficient (Wildman–Crippen LogP) is 13.1. The molecule has 57 heavy (non-hydrogen) atoms. The fourth-order valence-electron chi connectivity index (χ4n) is 9.85. The average Bonchev–Trinajstić information content (AvgIpc) is 3.87. The van der Waals surface area contributed by atoms with Crippen LogP contribution in [0.3, 0.4) is 0 Å². The number of rotatable bonds is 2. The highest BCUT2D eigenvalue weighted by atomic mass is 16.3. The van der Waals surface area contributed by atoms with Crippen molar-refractivity contribution in [1.82, 2.24) is 4.48 Å². The average molecular weight is 737 g/mol. The van der Waals surface area contributed by atoms with Crippen molar-refractivity contribution in [3.8, 4) is 22.3 Å². The van der Waals surface area contributed by atoms with Crippen molar-refractivity contribution in [1.29, 1.82) is 0 Å². The summed E-state index contributed by atoms with van der Waals surface area (Å²) < 4.78 is 16.2. The molecule has 274 valence electrons. The highest BCUT2D eigenvalue weighted by Gasteiger charge is 2.45. The van der Waals surface area contributed by atoms with Gasteiger partial charge in [-0.1, -0.05) is 145 Å². The Morgan fingerprint density at radius 1 is 0.474 bits per heavy atom. The zero-order valence-corrected chi connectivity index (χ0v) is 33.1. The van der Waals surface area contributed by atoms with Gasteiger partial charge in [-0.2, -0.15) is 0 Å². The van der Waals surface area contributed by atoms with E-state index in [4.69, 9.17) is 8.83 Å². The molecule has 0 spiro atoms. The molecule has 0 radical (unpaired) electrons. The summed E-state index contributed by atoms with van der Waals surface area (Å²) in [5, 5.41) is 5.79. The third kappa shape index (κ3) is 4.46. The van der Waals surface area contributed by atoms with Crippen molar-refractivity contribution >= 4 is 89.7 Å². The number of benzene rings is 7. The van der Waals surface area contributed by atoms with Crippen LogP contribution in [0.5, 0.6) is 0 Å². The first-order chi connectivity index (χ1) is 27.5. The lowest BCUT2D eigenvalue weighted by molar-refractivity contribution is 0.590. The molecule has 0 saturated carbocycles. The van der Waals surface area contributed by atoms with E-state index in [1.165, 1.54) is 66.3 Å². The number of nitrogens with zero attached hydrogens (tertiary/aromatic N) is 2. The maximum Gasteiger partial charge on any atom is 0.336 e. The Morgan fingerprint density at radius 3 is 1.93 bits per heavy atom. The van der Waals surface area contributed by atoms with Gasteiger partial charge < -0.3 is 18.2 Å². The van der Waals surface area contributed by atoms with E-state index in [2.05, 4.69) is 190 Å².